The predicted octanol–water partition coefficient (Wildman–Crippen LogP) is 1.28. The van der Waals surface area contributed by atoms with Gasteiger partial charge in [0.1, 0.15) is 4.28 Å². The molecule has 0 amide bonds. The molecule has 1 N–H and O–H groups in total. The highest BCUT2D eigenvalue weighted by atomic mass is 79.9. The van der Waals surface area contributed by atoms with Gasteiger partial charge in [0.25, 0.3) is 0 Å². The van der Waals surface area contributed by atoms with Gasteiger partial charge in [0.05, 0.1) is 6.20 Å². The van der Waals surface area contributed by atoms with E-state index in [2.05, 4.69) is 27.4 Å². The Morgan fingerprint density at radius 2 is 2.83 bits per heavy atom. The molecule has 0 saturated heterocycles. The van der Waals surface area contributed by atoms with E-state index >= 15 is 0 Å². The van der Waals surface area contributed by atoms with Gasteiger partial charge in [-0.15, -0.1) is 0 Å². The smallest absolute Gasteiger partial charge is 0.133 e. The molecule has 33 valence electrons. The summed E-state index contributed by atoms with van der Waals surface area (Å²) in [5, 5.41) is 4.78. The zero-order valence-corrected chi connectivity index (χ0v) is 5.34. The summed E-state index contributed by atoms with van der Waals surface area (Å²) >= 11 is 4.96. The minimum Gasteiger partial charge on any atom is -0.362 e. The third kappa shape index (κ3) is 0.914. The van der Waals surface area contributed by atoms with E-state index in [1.807, 2.05) is 5.41 Å². The molecule has 0 fully saturated rings. The van der Waals surface area contributed by atoms with Crippen molar-refractivity contribution in [2.24, 2.45) is 0 Å². The Hall–Kier alpha value is 0.370. The fourth-order valence-electron chi connectivity index (χ4n) is 0.227. The molecular weight excluding hydrogens is 162 g/mol. The zero-order valence-electron chi connectivity index (χ0n) is 2.94. The van der Waals surface area contributed by atoms with E-state index in [0.29, 0.717) is 4.28 Å². The maximum Gasteiger partial charge on any atom is 0.133 e. The molecule has 1 unspecified atom stereocenters. The molecule has 1 atom stereocenters. The largest absolute Gasteiger partial charge is 0.362 e. The van der Waals surface area contributed by atoms with Gasteiger partial charge in [0, 0.05) is 0 Å². The highest BCUT2D eigenvalue weighted by Gasteiger charge is 2.01. The normalized spacial score (nSPS) is 30.5. The Balaban J connectivity index is 2.32. The second-order valence-electron chi connectivity index (χ2n) is 0.859. The summed E-state index contributed by atoms with van der Waals surface area (Å²) in [7, 11) is 0. The number of nitrogens with one attached hydrogen (secondary N) is 1. The molecule has 0 aromatic rings. The SMILES string of the molecule is BrC1N[C]=CS1. The standard InChI is InChI=1S/C3H3BrNS/c4-3-5-1-2-6-3/h2-3,5H. The molecule has 1 radical (unpaired) electrons. The second-order valence-corrected chi connectivity index (χ2v) is 3.36. The van der Waals surface area contributed by atoms with Crippen LogP contribution in [0.25, 0.3) is 0 Å². The summed E-state index contributed by atoms with van der Waals surface area (Å²) in [5.41, 5.74) is 0. The van der Waals surface area contributed by atoms with Crippen molar-refractivity contribution in [1.82, 2.24) is 5.32 Å². The molecule has 1 aliphatic heterocycles. The van der Waals surface area contributed by atoms with Crippen LogP contribution in [0, 0.1) is 6.20 Å². The summed E-state index contributed by atoms with van der Waals surface area (Å²) in [5.74, 6) is 0. The van der Waals surface area contributed by atoms with Crippen molar-refractivity contribution in [2.45, 2.75) is 4.28 Å². The van der Waals surface area contributed by atoms with E-state index in [1.54, 1.807) is 11.8 Å². The number of halogens is 1. The van der Waals surface area contributed by atoms with Gasteiger partial charge in [0.15, 0.2) is 0 Å². The minimum absolute atomic E-state index is 0.359. The van der Waals surface area contributed by atoms with Crippen LogP contribution in [-0.4, -0.2) is 4.28 Å². The molecule has 0 spiro atoms. The Morgan fingerprint density at radius 3 is 3.00 bits per heavy atom. The topological polar surface area (TPSA) is 12.0 Å². The molecule has 1 nitrogen and oxygen atoms in total. The molecule has 1 heterocycles. The lowest BCUT2D eigenvalue weighted by molar-refractivity contribution is 1.01. The molecule has 1 aliphatic rings. The number of thioether (sulfide) groups is 1. The Bertz CT molecular complexity index is 65.2. The number of hydrogen-bond donors (Lipinski definition) is 1. The third-order valence-electron chi connectivity index (χ3n) is 0.443. The van der Waals surface area contributed by atoms with Gasteiger partial charge in [-0.05, 0) is 5.41 Å². The fraction of sp³-hybridized carbons (Fsp3) is 0.333. The molecule has 0 aromatic carbocycles. The monoisotopic (exact) mass is 164 g/mol. The van der Waals surface area contributed by atoms with Crippen molar-refractivity contribution >= 4 is 27.7 Å². The Kier molecular flexibility index (Phi) is 1.42. The number of rotatable bonds is 0. The van der Waals surface area contributed by atoms with E-state index in [-0.39, 0.29) is 0 Å². The summed E-state index contributed by atoms with van der Waals surface area (Å²) in [6.45, 7) is 0. The number of alkyl halides is 1. The van der Waals surface area contributed by atoms with Crippen molar-refractivity contribution in [3.63, 3.8) is 0 Å². The summed E-state index contributed by atoms with van der Waals surface area (Å²) in [4.78, 5) is 0. The van der Waals surface area contributed by atoms with Crippen LogP contribution in [0.4, 0.5) is 0 Å². The van der Waals surface area contributed by atoms with Crippen molar-refractivity contribution in [1.29, 1.82) is 0 Å². The van der Waals surface area contributed by atoms with Gasteiger partial charge in [0.2, 0.25) is 0 Å². The lowest BCUT2D eigenvalue weighted by atomic mass is 11.0. The van der Waals surface area contributed by atoms with Gasteiger partial charge in [-0.3, -0.25) is 0 Å². The second kappa shape index (κ2) is 1.89. The summed E-state index contributed by atoms with van der Waals surface area (Å²) < 4.78 is 0.359. The zero-order chi connectivity index (χ0) is 4.41. The predicted molar refractivity (Wildman–Crippen MR) is 31.3 cm³/mol. The third-order valence-corrected chi connectivity index (χ3v) is 1.93. The Morgan fingerprint density at radius 1 is 2.00 bits per heavy atom. The van der Waals surface area contributed by atoms with E-state index in [1.165, 1.54) is 0 Å². The quantitative estimate of drug-likeness (QED) is 0.428. The van der Waals surface area contributed by atoms with Crippen LogP contribution in [-0.2, 0) is 0 Å². The van der Waals surface area contributed by atoms with Crippen LogP contribution in [0.15, 0.2) is 5.41 Å². The highest BCUT2D eigenvalue weighted by molar-refractivity contribution is 9.11. The summed E-state index contributed by atoms with van der Waals surface area (Å²) in [6, 6.07) is 0. The summed E-state index contributed by atoms with van der Waals surface area (Å²) in [6.07, 6.45) is 2.81. The van der Waals surface area contributed by atoms with Crippen LogP contribution < -0.4 is 5.32 Å². The average Bonchev–Trinajstić information content (AvgIpc) is 1.86. The van der Waals surface area contributed by atoms with Crippen LogP contribution in [0.5, 0.6) is 0 Å². The number of hydrogen-bond acceptors (Lipinski definition) is 2. The van der Waals surface area contributed by atoms with Crippen molar-refractivity contribution in [3.05, 3.63) is 11.6 Å². The van der Waals surface area contributed by atoms with Crippen LogP contribution in [0.1, 0.15) is 0 Å². The van der Waals surface area contributed by atoms with E-state index in [9.17, 15) is 0 Å². The molecule has 6 heavy (non-hydrogen) atoms. The van der Waals surface area contributed by atoms with Crippen LogP contribution >= 0.6 is 27.7 Å². The molecule has 1 rings (SSSR count). The van der Waals surface area contributed by atoms with Gasteiger partial charge >= 0.3 is 0 Å². The van der Waals surface area contributed by atoms with Gasteiger partial charge in [-0.2, -0.15) is 0 Å². The molecule has 0 aliphatic carbocycles. The first-order valence-corrected chi connectivity index (χ1v) is 3.38. The maximum absolute atomic E-state index is 3.30. The van der Waals surface area contributed by atoms with Crippen molar-refractivity contribution < 1.29 is 0 Å². The Labute approximate surface area is 49.3 Å². The molecule has 0 aromatic heterocycles. The first-order chi connectivity index (χ1) is 2.89. The lowest BCUT2D eigenvalue weighted by Gasteiger charge is -1.93. The molecule has 0 saturated carbocycles. The van der Waals surface area contributed by atoms with Crippen molar-refractivity contribution in [2.75, 3.05) is 0 Å². The minimum atomic E-state index is 0.359. The first kappa shape index (κ1) is 4.53. The van der Waals surface area contributed by atoms with Gasteiger partial charge in [-0.1, -0.05) is 27.7 Å². The van der Waals surface area contributed by atoms with Gasteiger partial charge < -0.3 is 5.32 Å². The molecular formula is C3H3BrNS. The van der Waals surface area contributed by atoms with Crippen molar-refractivity contribution in [3.8, 4) is 0 Å². The maximum atomic E-state index is 3.30. The molecule has 0 bridgehead atoms. The fourth-order valence-corrected chi connectivity index (χ4v) is 1.07. The van der Waals surface area contributed by atoms with Gasteiger partial charge in [-0.25, -0.2) is 0 Å². The highest BCUT2D eigenvalue weighted by Crippen LogP contribution is 2.18. The van der Waals surface area contributed by atoms with E-state index in [4.69, 9.17) is 0 Å². The lowest BCUT2D eigenvalue weighted by Crippen LogP contribution is -2.06. The van der Waals surface area contributed by atoms with E-state index < -0.39 is 0 Å². The molecule has 3 heteroatoms. The van der Waals surface area contributed by atoms with Crippen LogP contribution in [0.3, 0.4) is 0 Å². The average molecular weight is 165 g/mol. The first-order valence-electron chi connectivity index (χ1n) is 1.52. The van der Waals surface area contributed by atoms with E-state index in [0.717, 1.165) is 0 Å². The van der Waals surface area contributed by atoms with Crippen LogP contribution in [0.2, 0.25) is 0 Å².